The first-order chi connectivity index (χ1) is 4.61. The molecular formula is C9H18S. The number of hydrogen-bond donors (Lipinski definition) is 1. The average molecular weight is 158 g/mol. The standard InChI is InChI=1S/C9H18S/c1-6-4-8(3)9(10)5-7(6)2/h6-10H,4-5H2,1-3H3. The Labute approximate surface area is 69.8 Å². The molecule has 0 aromatic rings. The van der Waals surface area contributed by atoms with Crippen LogP contribution in [-0.2, 0) is 0 Å². The van der Waals surface area contributed by atoms with Gasteiger partial charge in [-0.3, -0.25) is 0 Å². The first kappa shape index (κ1) is 8.45. The number of rotatable bonds is 0. The highest BCUT2D eigenvalue weighted by molar-refractivity contribution is 7.81. The summed E-state index contributed by atoms with van der Waals surface area (Å²) in [5, 5.41) is 0.659. The minimum Gasteiger partial charge on any atom is -0.176 e. The lowest BCUT2D eigenvalue weighted by Crippen LogP contribution is -2.27. The number of hydrogen-bond acceptors (Lipinski definition) is 1. The van der Waals surface area contributed by atoms with Gasteiger partial charge in [0.25, 0.3) is 0 Å². The Hall–Kier alpha value is 0.350. The molecule has 0 spiro atoms. The second kappa shape index (κ2) is 3.17. The van der Waals surface area contributed by atoms with Crippen molar-refractivity contribution >= 4 is 12.6 Å². The molecule has 1 fully saturated rings. The zero-order valence-electron chi connectivity index (χ0n) is 7.17. The monoisotopic (exact) mass is 158 g/mol. The van der Waals surface area contributed by atoms with Gasteiger partial charge < -0.3 is 0 Å². The molecular weight excluding hydrogens is 140 g/mol. The fraction of sp³-hybridized carbons (Fsp3) is 1.00. The molecule has 4 atom stereocenters. The second-order valence-electron chi connectivity index (χ2n) is 3.97. The maximum atomic E-state index is 4.56. The van der Waals surface area contributed by atoms with Crippen molar-refractivity contribution in [2.45, 2.75) is 38.9 Å². The SMILES string of the molecule is CC1CC(C)C(S)CC1C. The molecule has 60 valence electrons. The maximum Gasteiger partial charge on any atom is 0.00451 e. The molecule has 0 bridgehead atoms. The van der Waals surface area contributed by atoms with Crippen LogP contribution in [0, 0.1) is 17.8 Å². The van der Waals surface area contributed by atoms with E-state index in [1.807, 2.05) is 0 Å². The fourth-order valence-electron chi connectivity index (χ4n) is 1.82. The van der Waals surface area contributed by atoms with Crippen LogP contribution in [0.2, 0.25) is 0 Å². The predicted octanol–water partition coefficient (Wildman–Crippen LogP) is 2.99. The topological polar surface area (TPSA) is 0 Å². The predicted molar refractivity (Wildman–Crippen MR) is 49.5 cm³/mol. The van der Waals surface area contributed by atoms with E-state index in [0.717, 1.165) is 17.8 Å². The molecule has 0 N–H and O–H groups in total. The normalized spacial score (nSPS) is 49.2. The lowest BCUT2D eigenvalue weighted by Gasteiger charge is -2.34. The van der Waals surface area contributed by atoms with Gasteiger partial charge in [-0.05, 0) is 30.6 Å². The molecule has 1 aliphatic carbocycles. The van der Waals surface area contributed by atoms with Crippen molar-refractivity contribution in [2.75, 3.05) is 0 Å². The van der Waals surface area contributed by atoms with E-state index in [-0.39, 0.29) is 0 Å². The van der Waals surface area contributed by atoms with Crippen molar-refractivity contribution in [2.24, 2.45) is 17.8 Å². The van der Waals surface area contributed by atoms with Crippen LogP contribution in [0.1, 0.15) is 33.6 Å². The Morgan fingerprint density at radius 2 is 1.40 bits per heavy atom. The molecule has 0 aliphatic heterocycles. The average Bonchev–Trinajstić information content (AvgIpc) is 1.84. The van der Waals surface area contributed by atoms with Crippen molar-refractivity contribution < 1.29 is 0 Å². The van der Waals surface area contributed by atoms with Crippen LogP contribution in [0.5, 0.6) is 0 Å². The molecule has 0 aromatic heterocycles. The summed E-state index contributed by atoms with van der Waals surface area (Å²) in [5.41, 5.74) is 0. The van der Waals surface area contributed by atoms with Crippen LogP contribution in [0.3, 0.4) is 0 Å². The van der Waals surface area contributed by atoms with Crippen molar-refractivity contribution in [1.82, 2.24) is 0 Å². The van der Waals surface area contributed by atoms with Crippen LogP contribution in [0.25, 0.3) is 0 Å². The summed E-state index contributed by atoms with van der Waals surface area (Å²) in [4.78, 5) is 0. The molecule has 4 unspecified atom stereocenters. The van der Waals surface area contributed by atoms with Crippen LogP contribution in [0.15, 0.2) is 0 Å². The van der Waals surface area contributed by atoms with Crippen molar-refractivity contribution in [1.29, 1.82) is 0 Å². The van der Waals surface area contributed by atoms with E-state index in [0.29, 0.717) is 5.25 Å². The van der Waals surface area contributed by atoms with Gasteiger partial charge in [0.2, 0.25) is 0 Å². The molecule has 0 radical (unpaired) electrons. The first-order valence-electron chi connectivity index (χ1n) is 4.29. The highest BCUT2D eigenvalue weighted by atomic mass is 32.1. The van der Waals surface area contributed by atoms with Gasteiger partial charge in [-0.2, -0.15) is 12.6 Å². The second-order valence-corrected chi connectivity index (χ2v) is 4.63. The van der Waals surface area contributed by atoms with Crippen molar-refractivity contribution in [3.8, 4) is 0 Å². The molecule has 1 rings (SSSR count). The van der Waals surface area contributed by atoms with E-state index in [1.54, 1.807) is 0 Å². The highest BCUT2D eigenvalue weighted by Crippen LogP contribution is 2.35. The Morgan fingerprint density at radius 1 is 0.900 bits per heavy atom. The zero-order chi connectivity index (χ0) is 7.72. The first-order valence-corrected chi connectivity index (χ1v) is 4.81. The molecule has 10 heavy (non-hydrogen) atoms. The third kappa shape index (κ3) is 1.69. The molecule has 1 heteroatoms. The third-order valence-corrected chi connectivity index (χ3v) is 3.70. The van der Waals surface area contributed by atoms with Crippen LogP contribution < -0.4 is 0 Å². The minimum absolute atomic E-state index is 0.659. The van der Waals surface area contributed by atoms with Gasteiger partial charge >= 0.3 is 0 Å². The Kier molecular flexibility index (Phi) is 2.67. The Morgan fingerprint density at radius 3 is 1.90 bits per heavy atom. The van der Waals surface area contributed by atoms with Gasteiger partial charge in [0.1, 0.15) is 0 Å². The lowest BCUT2D eigenvalue weighted by atomic mass is 9.76. The molecule has 0 nitrogen and oxygen atoms in total. The van der Waals surface area contributed by atoms with Crippen molar-refractivity contribution in [3.05, 3.63) is 0 Å². The fourth-order valence-corrected chi connectivity index (χ4v) is 2.28. The van der Waals surface area contributed by atoms with Gasteiger partial charge in [-0.1, -0.05) is 20.8 Å². The van der Waals surface area contributed by atoms with Crippen LogP contribution >= 0.6 is 12.6 Å². The smallest absolute Gasteiger partial charge is 0.00451 e. The molecule has 1 aliphatic rings. The van der Waals surface area contributed by atoms with E-state index in [9.17, 15) is 0 Å². The van der Waals surface area contributed by atoms with Gasteiger partial charge in [-0.25, -0.2) is 0 Å². The summed E-state index contributed by atoms with van der Waals surface area (Å²) in [5.74, 6) is 2.63. The maximum absolute atomic E-state index is 4.56. The van der Waals surface area contributed by atoms with Gasteiger partial charge in [0.15, 0.2) is 0 Å². The largest absolute Gasteiger partial charge is 0.176 e. The summed E-state index contributed by atoms with van der Waals surface area (Å²) in [6, 6.07) is 0. The molecule has 0 heterocycles. The van der Waals surface area contributed by atoms with E-state index in [4.69, 9.17) is 0 Å². The number of thiol groups is 1. The quantitative estimate of drug-likeness (QED) is 0.515. The summed E-state index contributed by atoms with van der Waals surface area (Å²) in [7, 11) is 0. The summed E-state index contributed by atoms with van der Waals surface area (Å²) >= 11 is 4.56. The van der Waals surface area contributed by atoms with E-state index >= 15 is 0 Å². The van der Waals surface area contributed by atoms with Crippen molar-refractivity contribution in [3.63, 3.8) is 0 Å². The Bertz CT molecular complexity index is 85.3. The Balaban J connectivity index is 2.46. The summed E-state index contributed by atoms with van der Waals surface area (Å²) < 4.78 is 0. The van der Waals surface area contributed by atoms with E-state index in [1.165, 1.54) is 12.8 Å². The van der Waals surface area contributed by atoms with Gasteiger partial charge in [-0.15, -0.1) is 0 Å². The summed E-state index contributed by atoms with van der Waals surface area (Å²) in [6.45, 7) is 7.03. The zero-order valence-corrected chi connectivity index (χ0v) is 8.07. The minimum atomic E-state index is 0.659. The molecule has 1 saturated carbocycles. The van der Waals surface area contributed by atoms with Gasteiger partial charge in [0, 0.05) is 5.25 Å². The highest BCUT2D eigenvalue weighted by Gasteiger charge is 2.27. The lowest BCUT2D eigenvalue weighted by molar-refractivity contribution is 0.229. The van der Waals surface area contributed by atoms with E-state index < -0.39 is 0 Å². The van der Waals surface area contributed by atoms with Crippen LogP contribution in [-0.4, -0.2) is 5.25 Å². The van der Waals surface area contributed by atoms with Crippen LogP contribution in [0.4, 0.5) is 0 Å². The third-order valence-electron chi connectivity index (χ3n) is 2.99. The summed E-state index contributed by atoms with van der Waals surface area (Å²) in [6.07, 6.45) is 2.68. The van der Waals surface area contributed by atoms with E-state index in [2.05, 4.69) is 33.4 Å². The molecule has 0 aromatic carbocycles. The molecule has 0 amide bonds. The molecule has 0 saturated heterocycles. The van der Waals surface area contributed by atoms with Gasteiger partial charge in [0.05, 0.1) is 0 Å².